The van der Waals surface area contributed by atoms with Crippen molar-refractivity contribution in [1.82, 2.24) is 19.4 Å². The normalized spacial score (nSPS) is 15.7. The number of rotatable bonds is 3. The van der Waals surface area contributed by atoms with Gasteiger partial charge in [-0.2, -0.15) is 26.3 Å². The number of aromatic nitrogens is 3. The second-order valence-electron chi connectivity index (χ2n) is 7.63. The number of imidazole rings is 1. The number of carbonyl (C=O) groups is 1. The molecule has 1 aliphatic heterocycles. The number of para-hydroxylation sites is 2. The molecule has 33 heavy (non-hydrogen) atoms. The molecule has 0 unspecified atom stereocenters. The second-order valence-corrected chi connectivity index (χ2v) is 7.63. The number of carbonyl (C=O) groups excluding carboxylic acids is 1. The van der Waals surface area contributed by atoms with Gasteiger partial charge in [0.15, 0.2) is 0 Å². The standard InChI is InChI=1S/C21H19F6N5O/c22-20(23,24)14-6-7-17(28-12-14)30-8-3-9-31(11-10-30)18(33)13-32-16-5-2-1-4-15(16)29-19(32)21(25,26)27/h1-2,4-7,12H,3,8-11,13H2. The van der Waals surface area contributed by atoms with E-state index in [2.05, 4.69) is 9.97 Å². The molecule has 0 N–H and O–H groups in total. The molecule has 0 bridgehead atoms. The molecule has 2 aromatic heterocycles. The van der Waals surface area contributed by atoms with Crippen molar-refractivity contribution in [3.63, 3.8) is 0 Å². The first-order valence-corrected chi connectivity index (χ1v) is 10.1. The largest absolute Gasteiger partial charge is 0.449 e. The summed E-state index contributed by atoms with van der Waals surface area (Å²) in [5.41, 5.74) is -0.498. The molecular weight excluding hydrogens is 452 g/mol. The summed E-state index contributed by atoms with van der Waals surface area (Å²) in [6.07, 6.45) is -7.96. The molecule has 12 heteroatoms. The summed E-state index contributed by atoms with van der Waals surface area (Å²) >= 11 is 0. The van der Waals surface area contributed by atoms with E-state index < -0.39 is 36.2 Å². The van der Waals surface area contributed by atoms with Crippen molar-refractivity contribution < 1.29 is 31.1 Å². The lowest BCUT2D eigenvalue weighted by molar-refractivity contribution is -0.148. The van der Waals surface area contributed by atoms with E-state index in [0.29, 0.717) is 31.9 Å². The molecule has 0 radical (unpaired) electrons. The Morgan fingerprint density at radius 3 is 2.33 bits per heavy atom. The van der Waals surface area contributed by atoms with Crippen LogP contribution < -0.4 is 4.90 Å². The van der Waals surface area contributed by atoms with Gasteiger partial charge in [0.2, 0.25) is 11.7 Å². The van der Waals surface area contributed by atoms with Crippen molar-refractivity contribution in [3.8, 4) is 0 Å². The third-order valence-corrected chi connectivity index (χ3v) is 5.45. The topological polar surface area (TPSA) is 54.3 Å². The first-order valence-electron chi connectivity index (χ1n) is 10.1. The van der Waals surface area contributed by atoms with E-state index in [-0.39, 0.29) is 17.6 Å². The molecule has 4 rings (SSSR count). The summed E-state index contributed by atoms with van der Waals surface area (Å²) in [5.74, 6) is -1.29. The van der Waals surface area contributed by atoms with Gasteiger partial charge in [-0.1, -0.05) is 12.1 Å². The van der Waals surface area contributed by atoms with Gasteiger partial charge in [-0.05, 0) is 30.7 Å². The van der Waals surface area contributed by atoms with Crippen LogP contribution in [-0.4, -0.2) is 51.5 Å². The fourth-order valence-corrected chi connectivity index (χ4v) is 3.82. The third-order valence-electron chi connectivity index (χ3n) is 5.45. The fourth-order valence-electron chi connectivity index (χ4n) is 3.82. The predicted octanol–water partition coefficient (Wildman–Crippen LogP) is 4.21. The van der Waals surface area contributed by atoms with Gasteiger partial charge in [0, 0.05) is 32.4 Å². The zero-order chi connectivity index (χ0) is 23.8. The number of hydrogen-bond acceptors (Lipinski definition) is 4. The van der Waals surface area contributed by atoms with Crippen LogP contribution >= 0.6 is 0 Å². The Hall–Kier alpha value is -3.31. The smallest absolute Gasteiger partial charge is 0.355 e. The van der Waals surface area contributed by atoms with Crippen LogP contribution in [0.5, 0.6) is 0 Å². The van der Waals surface area contributed by atoms with E-state index in [0.717, 1.165) is 16.8 Å². The number of benzene rings is 1. The summed E-state index contributed by atoms with van der Waals surface area (Å²) in [6.45, 7) is 0.734. The number of hydrogen-bond donors (Lipinski definition) is 0. The maximum absolute atomic E-state index is 13.5. The van der Waals surface area contributed by atoms with Crippen LogP contribution in [0.4, 0.5) is 32.2 Å². The first-order chi connectivity index (χ1) is 15.5. The summed E-state index contributed by atoms with van der Waals surface area (Å²) in [6, 6.07) is 8.29. The Morgan fingerprint density at radius 2 is 1.67 bits per heavy atom. The lowest BCUT2D eigenvalue weighted by Gasteiger charge is -2.23. The third kappa shape index (κ3) is 4.88. The maximum Gasteiger partial charge on any atom is 0.449 e. The van der Waals surface area contributed by atoms with Crippen molar-refractivity contribution in [3.05, 3.63) is 54.0 Å². The Labute approximate surface area is 184 Å². The summed E-state index contributed by atoms with van der Waals surface area (Å²) < 4.78 is 79.6. The van der Waals surface area contributed by atoms with Gasteiger partial charge in [-0.3, -0.25) is 4.79 Å². The van der Waals surface area contributed by atoms with Gasteiger partial charge in [-0.25, -0.2) is 9.97 Å². The van der Waals surface area contributed by atoms with Crippen LogP contribution in [0, 0.1) is 0 Å². The molecular formula is C21H19F6N5O. The molecule has 1 aliphatic rings. The highest BCUT2D eigenvalue weighted by molar-refractivity contribution is 5.81. The molecule has 1 saturated heterocycles. The summed E-state index contributed by atoms with van der Waals surface area (Å²) in [7, 11) is 0. The van der Waals surface area contributed by atoms with Crippen LogP contribution in [0.15, 0.2) is 42.6 Å². The second kappa shape index (κ2) is 8.56. The van der Waals surface area contributed by atoms with Crippen LogP contribution in [0.25, 0.3) is 11.0 Å². The number of fused-ring (bicyclic) bond motifs is 1. The van der Waals surface area contributed by atoms with Crippen molar-refractivity contribution in [2.24, 2.45) is 0 Å². The van der Waals surface area contributed by atoms with E-state index in [1.165, 1.54) is 23.1 Å². The Morgan fingerprint density at radius 1 is 0.909 bits per heavy atom. The molecule has 0 saturated carbocycles. The molecule has 176 valence electrons. The molecule has 3 heterocycles. The maximum atomic E-state index is 13.5. The van der Waals surface area contributed by atoms with E-state index in [4.69, 9.17) is 0 Å². The van der Waals surface area contributed by atoms with Crippen LogP contribution in [0.2, 0.25) is 0 Å². The fraction of sp³-hybridized carbons (Fsp3) is 0.381. The first kappa shape index (κ1) is 22.9. The van der Waals surface area contributed by atoms with Gasteiger partial charge in [0.05, 0.1) is 16.6 Å². The van der Waals surface area contributed by atoms with Gasteiger partial charge in [-0.15, -0.1) is 0 Å². The van der Waals surface area contributed by atoms with Gasteiger partial charge in [0.25, 0.3) is 0 Å². The molecule has 1 aromatic carbocycles. The van der Waals surface area contributed by atoms with Gasteiger partial charge in [0.1, 0.15) is 12.4 Å². The van der Waals surface area contributed by atoms with E-state index in [9.17, 15) is 31.1 Å². The molecule has 6 nitrogen and oxygen atoms in total. The van der Waals surface area contributed by atoms with E-state index in [1.807, 2.05) is 0 Å². The number of anilines is 1. The molecule has 0 aliphatic carbocycles. The Bertz CT molecular complexity index is 1140. The summed E-state index contributed by atoms with van der Waals surface area (Å²) in [5, 5.41) is 0. The van der Waals surface area contributed by atoms with Gasteiger partial charge >= 0.3 is 12.4 Å². The van der Waals surface area contributed by atoms with E-state index in [1.54, 1.807) is 17.0 Å². The summed E-state index contributed by atoms with van der Waals surface area (Å²) in [4.78, 5) is 23.6. The molecule has 0 spiro atoms. The monoisotopic (exact) mass is 471 g/mol. The quantitative estimate of drug-likeness (QED) is 0.538. The lowest BCUT2D eigenvalue weighted by Crippen LogP contribution is -2.38. The molecule has 0 atom stereocenters. The SMILES string of the molecule is O=C(Cn1c(C(F)(F)F)nc2ccccc21)N1CCCN(c2ccc(C(F)(F)F)cn2)CC1. The van der Waals surface area contributed by atoms with Crippen molar-refractivity contribution in [1.29, 1.82) is 0 Å². The highest BCUT2D eigenvalue weighted by Crippen LogP contribution is 2.32. The highest BCUT2D eigenvalue weighted by atomic mass is 19.4. The average molecular weight is 471 g/mol. The Kier molecular flexibility index (Phi) is 5.93. The van der Waals surface area contributed by atoms with E-state index >= 15 is 0 Å². The number of halogens is 6. The van der Waals surface area contributed by atoms with Crippen molar-refractivity contribution in [2.45, 2.75) is 25.3 Å². The minimum absolute atomic E-state index is 0.146. The van der Waals surface area contributed by atoms with Crippen LogP contribution in [0.3, 0.4) is 0 Å². The Balaban J connectivity index is 1.48. The lowest BCUT2D eigenvalue weighted by atomic mass is 10.2. The highest BCUT2D eigenvalue weighted by Gasteiger charge is 2.38. The van der Waals surface area contributed by atoms with Crippen molar-refractivity contribution in [2.75, 3.05) is 31.1 Å². The number of pyridine rings is 1. The minimum Gasteiger partial charge on any atom is -0.355 e. The zero-order valence-corrected chi connectivity index (χ0v) is 17.2. The van der Waals surface area contributed by atoms with Crippen LogP contribution in [-0.2, 0) is 23.7 Å². The zero-order valence-electron chi connectivity index (χ0n) is 17.2. The predicted molar refractivity (Wildman–Crippen MR) is 107 cm³/mol. The molecule has 1 fully saturated rings. The number of amides is 1. The molecule has 1 amide bonds. The number of nitrogens with zero attached hydrogens (tertiary/aromatic N) is 5. The minimum atomic E-state index is -4.72. The molecule has 3 aromatic rings. The van der Waals surface area contributed by atoms with Gasteiger partial charge < -0.3 is 14.4 Å². The van der Waals surface area contributed by atoms with Crippen molar-refractivity contribution >= 4 is 22.8 Å². The number of alkyl halides is 6. The van der Waals surface area contributed by atoms with Crippen LogP contribution in [0.1, 0.15) is 17.8 Å². The average Bonchev–Trinajstić information content (AvgIpc) is 2.95.